The third kappa shape index (κ3) is 3.15. The molecule has 0 bridgehead atoms. The third-order valence-corrected chi connectivity index (χ3v) is 2.91. The van der Waals surface area contributed by atoms with Gasteiger partial charge in [0.1, 0.15) is 5.25 Å². The molecule has 8 nitrogen and oxygen atoms in total. The predicted molar refractivity (Wildman–Crippen MR) is 36.7 cm³/mol. The zero-order valence-electron chi connectivity index (χ0n) is 6.54. The second-order valence-corrected chi connectivity index (χ2v) is 4.02. The van der Waals surface area contributed by atoms with Crippen LogP contribution in [-0.4, -0.2) is 26.8 Å². The summed E-state index contributed by atoms with van der Waals surface area (Å²) in [6, 6.07) is 0. The molecule has 1 saturated heterocycles. The zero-order chi connectivity index (χ0) is 9.73. The summed E-state index contributed by atoms with van der Waals surface area (Å²) in [5.41, 5.74) is 5.20. The molecule has 1 heterocycles. The van der Waals surface area contributed by atoms with E-state index in [1.165, 1.54) is 0 Å². The molecular weight excluding hydrogens is 206 g/mol. The molecule has 1 unspecified atom stereocenters. The van der Waals surface area contributed by atoms with Crippen LogP contribution in [0.25, 0.3) is 0 Å². The summed E-state index contributed by atoms with van der Waals surface area (Å²) < 4.78 is 26.2. The lowest BCUT2D eigenvalue weighted by molar-refractivity contribution is -0.690. The molecule has 9 heteroatoms. The standard InChI is InChI=1S/C4H9NO7S/c5-3-4-1-2-8-9-10-11-12-13(4,6)7/h4H,1-3,5H2. The molecule has 1 atom stereocenters. The Morgan fingerprint density at radius 3 is 2.77 bits per heavy atom. The van der Waals surface area contributed by atoms with Crippen LogP contribution in [0.15, 0.2) is 0 Å². The monoisotopic (exact) mass is 215 g/mol. The van der Waals surface area contributed by atoms with Crippen molar-refractivity contribution in [2.75, 3.05) is 13.2 Å². The van der Waals surface area contributed by atoms with Crippen molar-refractivity contribution >= 4 is 10.1 Å². The zero-order valence-corrected chi connectivity index (χ0v) is 7.36. The molecule has 1 aliphatic heterocycles. The van der Waals surface area contributed by atoms with E-state index in [2.05, 4.69) is 24.3 Å². The van der Waals surface area contributed by atoms with Gasteiger partial charge in [0.25, 0.3) is 10.1 Å². The maximum Gasteiger partial charge on any atom is 0.300 e. The van der Waals surface area contributed by atoms with Crippen molar-refractivity contribution in [1.82, 2.24) is 0 Å². The smallest absolute Gasteiger partial charge is 0.300 e. The van der Waals surface area contributed by atoms with E-state index in [1.807, 2.05) is 0 Å². The molecule has 0 amide bonds. The van der Waals surface area contributed by atoms with E-state index in [1.54, 1.807) is 0 Å². The van der Waals surface area contributed by atoms with Crippen molar-refractivity contribution < 1.29 is 32.8 Å². The van der Waals surface area contributed by atoms with Crippen molar-refractivity contribution in [3.05, 3.63) is 0 Å². The summed E-state index contributed by atoms with van der Waals surface area (Å²) in [5, 5.41) is 10.4. The van der Waals surface area contributed by atoms with Crippen LogP contribution >= 0.6 is 0 Å². The summed E-state index contributed by atoms with van der Waals surface area (Å²) in [7, 11) is -3.89. The first-order chi connectivity index (χ1) is 6.17. The molecule has 1 fully saturated rings. The van der Waals surface area contributed by atoms with Gasteiger partial charge in [-0.05, 0) is 21.5 Å². The van der Waals surface area contributed by atoms with Gasteiger partial charge in [0.2, 0.25) is 0 Å². The Hall–Kier alpha value is -0.290. The van der Waals surface area contributed by atoms with E-state index < -0.39 is 15.4 Å². The van der Waals surface area contributed by atoms with E-state index >= 15 is 0 Å². The second kappa shape index (κ2) is 4.81. The van der Waals surface area contributed by atoms with Crippen LogP contribution in [0.4, 0.5) is 0 Å². The van der Waals surface area contributed by atoms with Crippen LogP contribution in [0.2, 0.25) is 0 Å². The molecule has 0 aromatic rings. The lowest BCUT2D eigenvalue weighted by Gasteiger charge is -2.09. The topological polar surface area (TPSA) is 106 Å². The van der Waals surface area contributed by atoms with Crippen LogP contribution in [0.5, 0.6) is 0 Å². The SMILES string of the molecule is NCC1CCOOOOOS1(=O)=O. The van der Waals surface area contributed by atoms with Gasteiger partial charge < -0.3 is 5.73 Å². The number of nitrogens with two attached hydrogens (primary N) is 1. The molecule has 0 aromatic heterocycles. The van der Waals surface area contributed by atoms with Gasteiger partial charge in [0.05, 0.1) is 6.61 Å². The summed E-state index contributed by atoms with van der Waals surface area (Å²) in [6.45, 7) is -0.0944. The third-order valence-electron chi connectivity index (χ3n) is 1.42. The Balaban J connectivity index is 2.65. The average molecular weight is 215 g/mol. The molecule has 78 valence electrons. The van der Waals surface area contributed by atoms with Gasteiger partial charge >= 0.3 is 0 Å². The lowest BCUT2D eigenvalue weighted by Crippen LogP contribution is -2.31. The maximum atomic E-state index is 11.1. The van der Waals surface area contributed by atoms with Crippen molar-refractivity contribution in [3.8, 4) is 0 Å². The van der Waals surface area contributed by atoms with Gasteiger partial charge in [-0.3, -0.25) is 0 Å². The lowest BCUT2D eigenvalue weighted by atomic mass is 10.3. The molecule has 13 heavy (non-hydrogen) atoms. The molecular formula is C4H9NO7S. The summed E-state index contributed by atoms with van der Waals surface area (Å²) in [5.74, 6) is 0. The molecule has 0 saturated carbocycles. The molecule has 0 aromatic carbocycles. The first kappa shape index (κ1) is 10.8. The fourth-order valence-electron chi connectivity index (χ4n) is 0.730. The Kier molecular flexibility index (Phi) is 3.99. The van der Waals surface area contributed by atoms with Gasteiger partial charge in [-0.1, -0.05) is 4.33 Å². The first-order valence-electron chi connectivity index (χ1n) is 3.42. The number of rotatable bonds is 1. The van der Waals surface area contributed by atoms with Gasteiger partial charge in [-0.25, -0.2) is 4.89 Å². The van der Waals surface area contributed by atoms with E-state index in [0.717, 1.165) is 0 Å². The fraction of sp³-hybridized carbons (Fsp3) is 1.00. The number of hydrogen-bond acceptors (Lipinski definition) is 8. The Bertz CT molecular complexity index is 239. The summed E-state index contributed by atoms with van der Waals surface area (Å²) >= 11 is 0. The van der Waals surface area contributed by atoms with E-state index in [-0.39, 0.29) is 19.6 Å². The highest BCUT2D eigenvalue weighted by atomic mass is 32.2. The molecule has 1 rings (SSSR count). The summed E-state index contributed by atoms with van der Waals surface area (Å²) in [6.07, 6.45) is 0.131. The van der Waals surface area contributed by atoms with Crippen LogP contribution in [-0.2, 0) is 34.5 Å². The molecule has 2 N–H and O–H groups in total. The van der Waals surface area contributed by atoms with Crippen LogP contribution < -0.4 is 5.73 Å². The normalized spacial score (nSPS) is 30.1. The minimum absolute atomic E-state index is 0.00775. The van der Waals surface area contributed by atoms with Crippen molar-refractivity contribution in [2.45, 2.75) is 11.7 Å². The quantitative estimate of drug-likeness (QED) is 0.543. The maximum absolute atomic E-state index is 11.1. The van der Waals surface area contributed by atoms with Gasteiger partial charge in [0, 0.05) is 6.54 Å². The highest BCUT2D eigenvalue weighted by Gasteiger charge is 2.28. The minimum Gasteiger partial charge on any atom is -0.329 e. The molecule has 0 spiro atoms. The fourth-order valence-corrected chi connectivity index (χ4v) is 1.56. The van der Waals surface area contributed by atoms with Crippen molar-refractivity contribution in [3.63, 3.8) is 0 Å². The molecule has 0 radical (unpaired) electrons. The van der Waals surface area contributed by atoms with E-state index in [4.69, 9.17) is 5.73 Å². The highest BCUT2D eigenvalue weighted by Crippen LogP contribution is 2.10. The largest absolute Gasteiger partial charge is 0.329 e. The Morgan fingerprint density at radius 2 is 2.08 bits per heavy atom. The molecule has 0 aliphatic carbocycles. The van der Waals surface area contributed by atoms with Crippen LogP contribution in [0, 0.1) is 0 Å². The van der Waals surface area contributed by atoms with Crippen molar-refractivity contribution in [2.24, 2.45) is 5.73 Å². The average Bonchev–Trinajstić information content (AvgIpc) is 2.15. The first-order valence-corrected chi connectivity index (χ1v) is 4.89. The Labute approximate surface area is 74.3 Å². The van der Waals surface area contributed by atoms with Crippen molar-refractivity contribution in [1.29, 1.82) is 0 Å². The highest BCUT2D eigenvalue weighted by molar-refractivity contribution is 7.87. The van der Waals surface area contributed by atoms with Crippen LogP contribution in [0.3, 0.4) is 0 Å². The van der Waals surface area contributed by atoms with E-state index in [0.29, 0.717) is 0 Å². The second-order valence-electron chi connectivity index (χ2n) is 2.23. The van der Waals surface area contributed by atoms with Gasteiger partial charge in [0.15, 0.2) is 0 Å². The minimum atomic E-state index is -3.89. The summed E-state index contributed by atoms with van der Waals surface area (Å²) in [4.78, 5) is 4.33. The number of hydrogen-bond donors (Lipinski definition) is 1. The van der Waals surface area contributed by atoms with Gasteiger partial charge in [-0.2, -0.15) is 8.42 Å². The Morgan fingerprint density at radius 1 is 1.31 bits per heavy atom. The van der Waals surface area contributed by atoms with E-state index in [9.17, 15) is 8.42 Å². The molecule has 1 aliphatic rings. The van der Waals surface area contributed by atoms with Crippen LogP contribution in [0.1, 0.15) is 6.42 Å². The predicted octanol–water partition coefficient (Wildman–Crippen LogP) is -1.21. The van der Waals surface area contributed by atoms with Gasteiger partial charge in [-0.15, -0.1) is 0 Å².